The summed E-state index contributed by atoms with van der Waals surface area (Å²) in [6.45, 7) is 7.05. The van der Waals surface area contributed by atoms with Gasteiger partial charge >= 0.3 is 0 Å². The molecule has 1 atom stereocenters. The highest BCUT2D eigenvalue weighted by Gasteiger charge is 2.11. The van der Waals surface area contributed by atoms with Crippen molar-refractivity contribution < 1.29 is 4.74 Å². The zero-order chi connectivity index (χ0) is 14.9. The molecule has 2 rings (SSSR count). The Balaban J connectivity index is 1.78. The maximum atomic E-state index is 5.23. The van der Waals surface area contributed by atoms with Gasteiger partial charge in [0.25, 0.3) is 0 Å². The predicted octanol–water partition coefficient (Wildman–Crippen LogP) is 3.61. The van der Waals surface area contributed by atoms with Crippen LogP contribution < -0.4 is 10.1 Å². The first kappa shape index (κ1) is 16.3. The number of rotatable bonds is 7. The number of hydrogen-bond donors (Lipinski definition) is 1. The van der Waals surface area contributed by atoms with Gasteiger partial charge in [-0.25, -0.2) is 0 Å². The van der Waals surface area contributed by atoms with Crippen LogP contribution in [0, 0.1) is 0 Å². The molecule has 1 N–H and O–H groups in total. The number of hydrogen-bond acceptors (Lipinski definition) is 3. The molecule has 3 heteroatoms. The lowest BCUT2D eigenvalue weighted by Crippen LogP contribution is -2.34. The third-order valence-electron chi connectivity index (χ3n) is 4.44. The van der Waals surface area contributed by atoms with Gasteiger partial charge in [0, 0.05) is 19.1 Å². The molecule has 1 saturated heterocycles. The van der Waals surface area contributed by atoms with Crippen molar-refractivity contribution in [3.63, 3.8) is 0 Å². The van der Waals surface area contributed by atoms with Crippen LogP contribution in [0.25, 0.3) is 0 Å². The SMILES string of the molecule is CCC(NCCN1CCCCCC1)c1ccc(OC)cc1. The molecular weight excluding hydrogens is 260 g/mol. The van der Waals surface area contributed by atoms with Crippen molar-refractivity contribution in [3.8, 4) is 5.75 Å². The highest BCUT2D eigenvalue weighted by atomic mass is 16.5. The lowest BCUT2D eigenvalue weighted by atomic mass is 10.0. The van der Waals surface area contributed by atoms with Crippen LogP contribution in [0.4, 0.5) is 0 Å². The van der Waals surface area contributed by atoms with Gasteiger partial charge in [0.1, 0.15) is 5.75 Å². The van der Waals surface area contributed by atoms with Gasteiger partial charge in [-0.3, -0.25) is 0 Å². The summed E-state index contributed by atoms with van der Waals surface area (Å²) in [5.74, 6) is 0.929. The third kappa shape index (κ3) is 5.33. The van der Waals surface area contributed by atoms with E-state index < -0.39 is 0 Å². The average Bonchev–Trinajstić information content (AvgIpc) is 2.80. The van der Waals surface area contributed by atoms with Gasteiger partial charge in [0.15, 0.2) is 0 Å². The molecule has 0 aliphatic carbocycles. The summed E-state index contributed by atoms with van der Waals surface area (Å²) in [4.78, 5) is 2.61. The summed E-state index contributed by atoms with van der Waals surface area (Å²) in [5.41, 5.74) is 1.36. The van der Waals surface area contributed by atoms with E-state index in [4.69, 9.17) is 4.74 Å². The van der Waals surface area contributed by atoms with Crippen LogP contribution in [-0.4, -0.2) is 38.2 Å². The number of ether oxygens (including phenoxy) is 1. The maximum Gasteiger partial charge on any atom is 0.118 e. The lowest BCUT2D eigenvalue weighted by Gasteiger charge is -2.23. The normalized spacial score (nSPS) is 18.2. The van der Waals surface area contributed by atoms with Crippen molar-refractivity contribution in [3.05, 3.63) is 29.8 Å². The smallest absolute Gasteiger partial charge is 0.118 e. The average molecular weight is 290 g/mol. The van der Waals surface area contributed by atoms with E-state index in [1.807, 2.05) is 0 Å². The van der Waals surface area contributed by atoms with Crippen LogP contribution in [0.15, 0.2) is 24.3 Å². The fourth-order valence-electron chi connectivity index (χ4n) is 3.09. The van der Waals surface area contributed by atoms with Crippen molar-refractivity contribution in [2.45, 2.75) is 45.1 Å². The van der Waals surface area contributed by atoms with E-state index in [1.165, 1.54) is 50.9 Å². The molecule has 1 aliphatic heterocycles. The summed E-state index contributed by atoms with van der Waals surface area (Å²) < 4.78 is 5.23. The van der Waals surface area contributed by atoms with E-state index >= 15 is 0 Å². The molecule has 1 aromatic carbocycles. The van der Waals surface area contributed by atoms with Crippen LogP contribution in [0.3, 0.4) is 0 Å². The second-order valence-electron chi connectivity index (χ2n) is 5.94. The van der Waals surface area contributed by atoms with Gasteiger partial charge in [-0.15, -0.1) is 0 Å². The molecule has 1 unspecified atom stereocenters. The monoisotopic (exact) mass is 290 g/mol. The number of methoxy groups -OCH3 is 1. The van der Waals surface area contributed by atoms with E-state index in [1.54, 1.807) is 7.11 Å². The summed E-state index contributed by atoms with van der Waals surface area (Å²) in [6.07, 6.45) is 6.68. The molecule has 0 amide bonds. The molecular formula is C18H30N2O. The fraction of sp³-hybridized carbons (Fsp3) is 0.667. The zero-order valence-corrected chi connectivity index (χ0v) is 13.6. The van der Waals surface area contributed by atoms with Crippen LogP contribution in [0.2, 0.25) is 0 Å². The first-order valence-electron chi connectivity index (χ1n) is 8.43. The van der Waals surface area contributed by atoms with E-state index in [0.29, 0.717) is 6.04 Å². The van der Waals surface area contributed by atoms with E-state index in [2.05, 4.69) is 41.4 Å². The molecule has 3 nitrogen and oxygen atoms in total. The van der Waals surface area contributed by atoms with Crippen molar-refractivity contribution in [1.29, 1.82) is 0 Å². The third-order valence-corrected chi connectivity index (χ3v) is 4.44. The fourth-order valence-corrected chi connectivity index (χ4v) is 3.09. The zero-order valence-electron chi connectivity index (χ0n) is 13.6. The lowest BCUT2D eigenvalue weighted by molar-refractivity contribution is 0.278. The van der Waals surface area contributed by atoms with Gasteiger partial charge < -0.3 is 15.0 Å². The Bertz CT molecular complexity index is 383. The van der Waals surface area contributed by atoms with E-state index in [0.717, 1.165) is 18.7 Å². The second kappa shape index (κ2) is 9.06. The van der Waals surface area contributed by atoms with Gasteiger partial charge in [-0.2, -0.15) is 0 Å². The predicted molar refractivity (Wildman–Crippen MR) is 88.9 cm³/mol. The molecule has 0 bridgehead atoms. The number of benzene rings is 1. The molecule has 118 valence electrons. The molecule has 1 aromatic rings. The Morgan fingerprint density at radius 1 is 1.10 bits per heavy atom. The largest absolute Gasteiger partial charge is 0.497 e. The van der Waals surface area contributed by atoms with Crippen LogP contribution in [-0.2, 0) is 0 Å². The minimum atomic E-state index is 0.447. The molecule has 21 heavy (non-hydrogen) atoms. The van der Waals surface area contributed by atoms with E-state index in [9.17, 15) is 0 Å². The minimum absolute atomic E-state index is 0.447. The molecule has 0 radical (unpaired) electrons. The standard InChI is InChI=1S/C18H30N2O/c1-3-18(16-8-10-17(21-2)11-9-16)19-12-15-20-13-6-4-5-7-14-20/h8-11,18-19H,3-7,12-15H2,1-2H3. The van der Waals surface area contributed by atoms with Crippen molar-refractivity contribution in [2.75, 3.05) is 33.3 Å². The van der Waals surface area contributed by atoms with E-state index in [-0.39, 0.29) is 0 Å². The molecule has 1 fully saturated rings. The number of likely N-dealkylation sites (tertiary alicyclic amines) is 1. The van der Waals surface area contributed by atoms with Crippen molar-refractivity contribution in [2.24, 2.45) is 0 Å². The Morgan fingerprint density at radius 3 is 2.33 bits per heavy atom. The summed E-state index contributed by atoms with van der Waals surface area (Å²) >= 11 is 0. The molecule has 0 saturated carbocycles. The first-order chi connectivity index (χ1) is 10.3. The Morgan fingerprint density at radius 2 is 1.76 bits per heavy atom. The highest BCUT2D eigenvalue weighted by molar-refractivity contribution is 5.29. The second-order valence-corrected chi connectivity index (χ2v) is 5.94. The minimum Gasteiger partial charge on any atom is -0.497 e. The van der Waals surface area contributed by atoms with Gasteiger partial charge in [-0.05, 0) is 50.0 Å². The highest BCUT2D eigenvalue weighted by Crippen LogP contribution is 2.20. The Hall–Kier alpha value is -1.06. The molecule has 1 aliphatic rings. The molecule has 0 aromatic heterocycles. The summed E-state index contributed by atoms with van der Waals surface area (Å²) in [5, 5.41) is 3.71. The van der Waals surface area contributed by atoms with Gasteiger partial charge in [-0.1, -0.05) is 31.9 Å². The summed E-state index contributed by atoms with van der Waals surface area (Å²) in [6, 6.07) is 8.89. The molecule has 0 spiro atoms. The maximum absolute atomic E-state index is 5.23. The number of nitrogens with one attached hydrogen (secondary N) is 1. The topological polar surface area (TPSA) is 24.5 Å². The number of nitrogens with zero attached hydrogens (tertiary/aromatic N) is 1. The summed E-state index contributed by atoms with van der Waals surface area (Å²) in [7, 11) is 1.71. The first-order valence-corrected chi connectivity index (χ1v) is 8.43. The van der Waals surface area contributed by atoms with Gasteiger partial charge in [0.05, 0.1) is 7.11 Å². The Labute approximate surface area is 129 Å². The van der Waals surface area contributed by atoms with Crippen molar-refractivity contribution in [1.82, 2.24) is 10.2 Å². The Kier molecular flexibility index (Phi) is 7.04. The van der Waals surface area contributed by atoms with Crippen LogP contribution in [0.5, 0.6) is 5.75 Å². The van der Waals surface area contributed by atoms with Crippen LogP contribution >= 0.6 is 0 Å². The quantitative estimate of drug-likeness (QED) is 0.830. The van der Waals surface area contributed by atoms with Crippen LogP contribution in [0.1, 0.15) is 50.6 Å². The van der Waals surface area contributed by atoms with Crippen molar-refractivity contribution >= 4 is 0 Å². The molecule has 1 heterocycles. The van der Waals surface area contributed by atoms with Gasteiger partial charge in [0.2, 0.25) is 0 Å².